The van der Waals surface area contributed by atoms with E-state index in [0.717, 1.165) is 16.9 Å². The van der Waals surface area contributed by atoms with Crippen LogP contribution in [0.1, 0.15) is 41.5 Å². The number of carbonyl (C=O) groups excluding carboxylic acids is 2. The Morgan fingerprint density at radius 1 is 0.867 bits per heavy atom. The zero-order chi connectivity index (χ0) is 21.7. The summed E-state index contributed by atoms with van der Waals surface area (Å²) in [6.45, 7) is 5.48. The molecule has 0 unspecified atom stereocenters. The Balaban J connectivity index is 1.85. The standard InChI is InChI=1S/C24H24N2O4/c1-24(2,3)30-23(28)17-9-11-18(12-10-17)25-19-13-14-20(22(27)26-29)21(15-19)16-7-5-4-6-8-16/h4-15,25,29H,1-3H3,(H,26,27). The van der Waals surface area contributed by atoms with E-state index in [0.29, 0.717) is 16.7 Å². The van der Waals surface area contributed by atoms with Gasteiger partial charge < -0.3 is 10.1 Å². The van der Waals surface area contributed by atoms with Crippen molar-refractivity contribution in [2.24, 2.45) is 0 Å². The molecule has 6 heteroatoms. The van der Waals surface area contributed by atoms with Crippen molar-refractivity contribution in [1.82, 2.24) is 5.48 Å². The van der Waals surface area contributed by atoms with Crippen molar-refractivity contribution in [3.8, 4) is 11.1 Å². The maximum Gasteiger partial charge on any atom is 0.338 e. The summed E-state index contributed by atoms with van der Waals surface area (Å²) in [5.41, 5.74) is 5.02. The third-order valence-electron chi connectivity index (χ3n) is 4.26. The highest BCUT2D eigenvalue weighted by Gasteiger charge is 2.18. The minimum absolute atomic E-state index is 0.356. The predicted molar refractivity (Wildman–Crippen MR) is 116 cm³/mol. The van der Waals surface area contributed by atoms with Gasteiger partial charge in [0.1, 0.15) is 5.60 Å². The van der Waals surface area contributed by atoms with Crippen LogP contribution in [-0.2, 0) is 4.74 Å². The zero-order valence-corrected chi connectivity index (χ0v) is 17.1. The fraction of sp³-hybridized carbons (Fsp3) is 0.167. The number of nitrogens with one attached hydrogen (secondary N) is 2. The lowest BCUT2D eigenvalue weighted by atomic mass is 9.98. The first-order chi connectivity index (χ1) is 14.3. The van der Waals surface area contributed by atoms with Crippen LogP contribution in [0.25, 0.3) is 11.1 Å². The number of amides is 1. The monoisotopic (exact) mass is 404 g/mol. The summed E-state index contributed by atoms with van der Waals surface area (Å²) < 4.78 is 5.38. The third-order valence-corrected chi connectivity index (χ3v) is 4.26. The molecule has 154 valence electrons. The van der Waals surface area contributed by atoms with Gasteiger partial charge in [-0.3, -0.25) is 10.0 Å². The molecule has 0 aromatic heterocycles. The quantitative estimate of drug-likeness (QED) is 0.310. The highest BCUT2D eigenvalue weighted by molar-refractivity contribution is 6.01. The third kappa shape index (κ3) is 5.24. The number of ether oxygens (including phenoxy) is 1. The lowest BCUT2D eigenvalue weighted by Crippen LogP contribution is -2.23. The first-order valence-corrected chi connectivity index (χ1v) is 9.51. The Morgan fingerprint density at radius 2 is 1.50 bits per heavy atom. The molecule has 30 heavy (non-hydrogen) atoms. The van der Waals surface area contributed by atoms with Gasteiger partial charge in [-0.2, -0.15) is 0 Å². The van der Waals surface area contributed by atoms with Crippen molar-refractivity contribution in [3.05, 3.63) is 83.9 Å². The topological polar surface area (TPSA) is 87.7 Å². The van der Waals surface area contributed by atoms with Crippen molar-refractivity contribution in [1.29, 1.82) is 0 Å². The van der Waals surface area contributed by atoms with Crippen molar-refractivity contribution >= 4 is 23.3 Å². The summed E-state index contributed by atoms with van der Waals surface area (Å²) in [5, 5.41) is 12.3. The van der Waals surface area contributed by atoms with Gasteiger partial charge in [0.25, 0.3) is 5.91 Å². The Bertz CT molecular complexity index is 1040. The maximum absolute atomic E-state index is 12.2. The first-order valence-electron chi connectivity index (χ1n) is 9.51. The predicted octanol–water partition coefficient (Wildman–Crippen LogP) is 5.17. The second-order valence-corrected chi connectivity index (χ2v) is 7.77. The van der Waals surface area contributed by atoms with Crippen LogP contribution in [0.3, 0.4) is 0 Å². The summed E-state index contributed by atoms with van der Waals surface area (Å²) in [7, 11) is 0. The van der Waals surface area contributed by atoms with Gasteiger partial charge in [0.05, 0.1) is 5.56 Å². The number of hydrogen-bond acceptors (Lipinski definition) is 5. The van der Waals surface area contributed by atoms with Gasteiger partial charge in [-0.05, 0) is 74.4 Å². The average molecular weight is 404 g/mol. The molecule has 0 radical (unpaired) electrons. The van der Waals surface area contributed by atoms with Gasteiger partial charge in [-0.25, -0.2) is 10.3 Å². The second-order valence-electron chi connectivity index (χ2n) is 7.77. The molecular weight excluding hydrogens is 380 g/mol. The zero-order valence-electron chi connectivity index (χ0n) is 17.1. The number of hydroxylamine groups is 1. The number of rotatable bonds is 5. The van der Waals surface area contributed by atoms with E-state index in [1.54, 1.807) is 41.9 Å². The van der Waals surface area contributed by atoms with E-state index in [4.69, 9.17) is 9.94 Å². The molecule has 0 aliphatic carbocycles. The molecule has 3 aromatic rings. The summed E-state index contributed by atoms with van der Waals surface area (Å²) >= 11 is 0. The molecule has 0 aliphatic rings. The van der Waals surface area contributed by atoms with Gasteiger partial charge in [-0.1, -0.05) is 30.3 Å². The summed E-state index contributed by atoms with van der Waals surface area (Å²) in [4.78, 5) is 24.2. The van der Waals surface area contributed by atoms with Crippen molar-refractivity contribution in [3.63, 3.8) is 0 Å². The molecule has 0 bridgehead atoms. The van der Waals surface area contributed by atoms with Gasteiger partial charge in [-0.15, -0.1) is 0 Å². The molecule has 3 rings (SSSR count). The Morgan fingerprint density at radius 3 is 2.10 bits per heavy atom. The number of anilines is 2. The number of hydrogen-bond donors (Lipinski definition) is 3. The maximum atomic E-state index is 12.2. The minimum Gasteiger partial charge on any atom is -0.456 e. The molecule has 0 spiro atoms. The Labute approximate surface area is 175 Å². The fourth-order valence-electron chi connectivity index (χ4n) is 2.93. The van der Waals surface area contributed by atoms with Crippen LogP contribution in [0, 0.1) is 0 Å². The van der Waals surface area contributed by atoms with Gasteiger partial charge in [0, 0.05) is 16.9 Å². The molecule has 0 saturated carbocycles. The lowest BCUT2D eigenvalue weighted by molar-refractivity contribution is 0.00694. The van der Waals surface area contributed by atoms with E-state index in [9.17, 15) is 9.59 Å². The van der Waals surface area contributed by atoms with E-state index >= 15 is 0 Å². The highest BCUT2D eigenvalue weighted by Crippen LogP contribution is 2.29. The Hall–Kier alpha value is -3.64. The smallest absolute Gasteiger partial charge is 0.338 e. The van der Waals surface area contributed by atoms with Crippen molar-refractivity contribution in [2.45, 2.75) is 26.4 Å². The normalized spacial score (nSPS) is 10.9. The van der Waals surface area contributed by atoms with Crippen LogP contribution >= 0.6 is 0 Å². The highest BCUT2D eigenvalue weighted by atomic mass is 16.6. The van der Waals surface area contributed by atoms with Crippen LogP contribution in [-0.4, -0.2) is 22.7 Å². The largest absolute Gasteiger partial charge is 0.456 e. The molecule has 6 nitrogen and oxygen atoms in total. The van der Waals surface area contributed by atoms with E-state index in [-0.39, 0.29) is 5.97 Å². The van der Waals surface area contributed by atoms with E-state index in [1.807, 2.05) is 57.2 Å². The number of esters is 1. The summed E-state index contributed by atoms with van der Waals surface area (Å²) in [6, 6.07) is 21.6. The minimum atomic E-state index is -0.581. The molecule has 0 fully saturated rings. The van der Waals surface area contributed by atoms with E-state index in [1.165, 1.54) is 0 Å². The molecule has 1 amide bonds. The van der Waals surface area contributed by atoms with E-state index in [2.05, 4.69) is 5.32 Å². The second kappa shape index (κ2) is 8.80. The first kappa shape index (κ1) is 21.1. The molecule has 0 aliphatic heterocycles. The fourth-order valence-corrected chi connectivity index (χ4v) is 2.93. The number of benzene rings is 3. The molecular formula is C24H24N2O4. The summed E-state index contributed by atoms with van der Waals surface area (Å²) in [5.74, 6) is -0.957. The average Bonchev–Trinajstić information content (AvgIpc) is 2.73. The molecule has 0 atom stereocenters. The summed E-state index contributed by atoms with van der Waals surface area (Å²) in [6.07, 6.45) is 0. The van der Waals surface area contributed by atoms with Gasteiger partial charge in [0.2, 0.25) is 0 Å². The van der Waals surface area contributed by atoms with Crippen LogP contribution in [0.5, 0.6) is 0 Å². The lowest BCUT2D eigenvalue weighted by Gasteiger charge is -2.19. The van der Waals surface area contributed by atoms with Crippen LogP contribution in [0.15, 0.2) is 72.8 Å². The van der Waals surface area contributed by atoms with Crippen LogP contribution in [0.4, 0.5) is 11.4 Å². The van der Waals surface area contributed by atoms with Crippen molar-refractivity contribution < 1.29 is 19.5 Å². The molecule has 0 saturated heterocycles. The molecule has 3 aromatic carbocycles. The SMILES string of the molecule is CC(C)(C)OC(=O)c1ccc(Nc2ccc(C(=O)NO)c(-c3ccccc3)c2)cc1. The van der Waals surface area contributed by atoms with Gasteiger partial charge >= 0.3 is 5.97 Å². The van der Waals surface area contributed by atoms with Gasteiger partial charge in [0.15, 0.2) is 0 Å². The Kier molecular flexibility index (Phi) is 6.18. The molecule has 3 N–H and O–H groups in total. The number of carbonyl (C=O) groups is 2. The van der Waals surface area contributed by atoms with Crippen molar-refractivity contribution in [2.75, 3.05) is 5.32 Å². The van der Waals surface area contributed by atoms with E-state index < -0.39 is 11.5 Å². The van der Waals surface area contributed by atoms with Crippen LogP contribution in [0.2, 0.25) is 0 Å². The van der Waals surface area contributed by atoms with Crippen LogP contribution < -0.4 is 10.8 Å². The molecule has 0 heterocycles.